The molecule has 0 aliphatic carbocycles. The Balaban J connectivity index is 2.26. The van der Waals surface area contributed by atoms with E-state index < -0.39 is 11.7 Å². The second kappa shape index (κ2) is 4.87. The van der Waals surface area contributed by atoms with Crippen LogP contribution in [0.1, 0.15) is 16.1 Å². The van der Waals surface area contributed by atoms with Crippen LogP contribution < -0.4 is 5.73 Å². The van der Waals surface area contributed by atoms with Gasteiger partial charge < -0.3 is 5.73 Å². The van der Waals surface area contributed by atoms with Gasteiger partial charge in [0.1, 0.15) is 11.3 Å². The number of aldehydes is 1. The highest BCUT2D eigenvalue weighted by molar-refractivity contribution is 5.82. The SMILES string of the molecule is Nc1nc2ccc(-c3ccccc3C(F)(F)F)cn2c1C=O. The molecule has 1 aromatic carbocycles. The summed E-state index contributed by atoms with van der Waals surface area (Å²) in [5, 5.41) is 0. The van der Waals surface area contributed by atoms with Crippen LogP contribution in [-0.4, -0.2) is 15.7 Å². The maximum Gasteiger partial charge on any atom is 0.417 e. The lowest BCUT2D eigenvalue weighted by atomic mass is 10.0. The van der Waals surface area contributed by atoms with Crippen molar-refractivity contribution in [3.63, 3.8) is 0 Å². The van der Waals surface area contributed by atoms with Crippen LogP contribution in [-0.2, 0) is 6.18 Å². The third-order valence-electron chi connectivity index (χ3n) is 3.34. The van der Waals surface area contributed by atoms with E-state index in [1.165, 1.54) is 40.9 Å². The summed E-state index contributed by atoms with van der Waals surface area (Å²) in [5.74, 6) is 0.0382. The minimum absolute atomic E-state index is 0.0287. The predicted octanol–water partition coefficient (Wildman–Crippen LogP) is 3.41. The van der Waals surface area contributed by atoms with Crippen LogP contribution in [0, 0.1) is 0 Å². The fraction of sp³-hybridized carbons (Fsp3) is 0.0667. The average Bonchev–Trinajstić information content (AvgIpc) is 2.80. The van der Waals surface area contributed by atoms with Gasteiger partial charge in [-0.2, -0.15) is 13.2 Å². The summed E-state index contributed by atoms with van der Waals surface area (Å²) in [6, 6.07) is 8.29. The second-order valence-electron chi connectivity index (χ2n) is 4.69. The Kier molecular flexibility index (Phi) is 3.13. The normalized spacial score (nSPS) is 11.8. The summed E-state index contributed by atoms with van der Waals surface area (Å²) in [4.78, 5) is 15.0. The Bertz CT molecular complexity index is 868. The third kappa shape index (κ3) is 2.20. The van der Waals surface area contributed by atoms with Crippen molar-refractivity contribution in [1.29, 1.82) is 0 Å². The molecule has 22 heavy (non-hydrogen) atoms. The van der Waals surface area contributed by atoms with Crippen molar-refractivity contribution in [2.45, 2.75) is 6.18 Å². The van der Waals surface area contributed by atoms with E-state index in [9.17, 15) is 18.0 Å². The average molecular weight is 305 g/mol. The molecule has 0 aliphatic rings. The molecule has 0 saturated carbocycles. The van der Waals surface area contributed by atoms with E-state index in [1.807, 2.05) is 0 Å². The molecule has 0 atom stereocenters. The standard InChI is InChI=1S/C15H10F3N3O/c16-15(17,18)11-4-2-1-3-10(11)9-5-6-13-20-14(19)12(8-22)21(13)7-9/h1-8H,19H2. The van der Waals surface area contributed by atoms with Gasteiger partial charge in [-0.25, -0.2) is 4.98 Å². The van der Waals surface area contributed by atoms with Gasteiger partial charge >= 0.3 is 6.18 Å². The van der Waals surface area contributed by atoms with Gasteiger partial charge in [-0.3, -0.25) is 9.20 Å². The van der Waals surface area contributed by atoms with Crippen LogP contribution in [0.4, 0.5) is 19.0 Å². The van der Waals surface area contributed by atoms with E-state index in [0.29, 0.717) is 17.5 Å². The van der Waals surface area contributed by atoms with E-state index >= 15 is 0 Å². The van der Waals surface area contributed by atoms with Crippen LogP contribution in [0.25, 0.3) is 16.8 Å². The van der Waals surface area contributed by atoms with Gasteiger partial charge in [0.25, 0.3) is 0 Å². The number of halogens is 3. The molecule has 3 rings (SSSR count). The number of fused-ring (bicyclic) bond motifs is 1. The number of nitrogen functional groups attached to an aromatic ring is 1. The number of carbonyl (C=O) groups excluding carboxylic acids is 1. The second-order valence-corrected chi connectivity index (χ2v) is 4.69. The van der Waals surface area contributed by atoms with Gasteiger partial charge in [0.2, 0.25) is 0 Å². The van der Waals surface area contributed by atoms with Crippen molar-refractivity contribution in [2.75, 3.05) is 5.73 Å². The fourth-order valence-corrected chi connectivity index (χ4v) is 2.34. The van der Waals surface area contributed by atoms with Crippen molar-refractivity contribution < 1.29 is 18.0 Å². The molecule has 0 spiro atoms. The summed E-state index contributed by atoms with van der Waals surface area (Å²) in [7, 11) is 0. The first-order valence-electron chi connectivity index (χ1n) is 6.31. The van der Waals surface area contributed by atoms with Crippen molar-refractivity contribution in [1.82, 2.24) is 9.38 Å². The number of hydrogen-bond donors (Lipinski definition) is 1. The maximum absolute atomic E-state index is 13.1. The minimum Gasteiger partial charge on any atom is -0.382 e. The topological polar surface area (TPSA) is 60.4 Å². The molecule has 2 aromatic heterocycles. The zero-order chi connectivity index (χ0) is 15.9. The monoisotopic (exact) mass is 305 g/mol. The van der Waals surface area contributed by atoms with Gasteiger partial charge in [-0.15, -0.1) is 0 Å². The zero-order valence-electron chi connectivity index (χ0n) is 11.1. The Morgan fingerprint density at radius 1 is 1.14 bits per heavy atom. The van der Waals surface area contributed by atoms with Crippen LogP contribution in [0.2, 0.25) is 0 Å². The number of imidazole rings is 1. The van der Waals surface area contributed by atoms with E-state index in [2.05, 4.69) is 4.98 Å². The fourth-order valence-electron chi connectivity index (χ4n) is 2.34. The first kappa shape index (κ1) is 14.1. The number of aromatic nitrogens is 2. The Morgan fingerprint density at radius 3 is 2.55 bits per heavy atom. The summed E-state index contributed by atoms with van der Waals surface area (Å²) in [6.07, 6.45) is -2.52. The molecule has 112 valence electrons. The number of pyridine rings is 1. The highest BCUT2D eigenvalue weighted by Gasteiger charge is 2.33. The zero-order valence-corrected chi connectivity index (χ0v) is 11.1. The van der Waals surface area contributed by atoms with Gasteiger partial charge in [-0.05, 0) is 29.3 Å². The smallest absolute Gasteiger partial charge is 0.382 e. The molecule has 3 aromatic rings. The molecule has 0 aliphatic heterocycles. The molecule has 0 saturated heterocycles. The molecule has 0 amide bonds. The summed E-state index contributed by atoms with van der Waals surface area (Å²) in [5.41, 5.74) is 5.73. The van der Waals surface area contributed by atoms with Crippen LogP contribution in [0.5, 0.6) is 0 Å². The van der Waals surface area contributed by atoms with Gasteiger partial charge in [0, 0.05) is 6.20 Å². The Hall–Kier alpha value is -2.83. The van der Waals surface area contributed by atoms with Gasteiger partial charge in [-0.1, -0.05) is 18.2 Å². The third-order valence-corrected chi connectivity index (χ3v) is 3.34. The quantitative estimate of drug-likeness (QED) is 0.738. The Labute approximate surface area is 123 Å². The number of benzene rings is 1. The molecule has 0 bridgehead atoms. The highest BCUT2D eigenvalue weighted by Crippen LogP contribution is 2.37. The number of hydrogen-bond acceptors (Lipinski definition) is 3. The van der Waals surface area contributed by atoms with Gasteiger partial charge in [0.15, 0.2) is 12.1 Å². The maximum atomic E-state index is 13.1. The molecule has 4 nitrogen and oxygen atoms in total. The minimum atomic E-state index is -4.47. The van der Waals surface area contributed by atoms with Crippen molar-refractivity contribution in [3.05, 3.63) is 53.9 Å². The number of nitrogens with two attached hydrogens (primary N) is 1. The van der Waals surface area contributed by atoms with Crippen molar-refractivity contribution in [3.8, 4) is 11.1 Å². The van der Waals surface area contributed by atoms with E-state index in [1.54, 1.807) is 0 Å². The molecule has 7 heteroatoms. The van der Waals surface area contributed by atoms with Crippen LogP contribution in [0.15, 0.2) is 42.6 Å². The lowest BCUT2D eigenvalue weighted by Gasteiger charge is -2.13. The molecule has 0 unspecified atom stereocenters. The highest BCUT2D eigenvalue weighted by atomic mass is 19.4. The number of anilines is 1. The molecular formula is C15H10F3N3O. The Morgan fingerprint density at radius 2 is 1.86 bits per heavy atom. The molecule has 0 radical (unpaired) electrons. The molecule has 2 N–H and O–H groups in total. The molecule has 0 fully saturated rings. The van der Waals surface area contributed by atoms with Crippen molar-refractivity contribution >= 4 is 17.8 Å². The lowest BCUT2D eigenvalue weighted by Crippen LogP contribution is -2.07. The van der Waals surface area contributed by atoms with Crippen LogP contribution in [0.3, 0.4) is 0 Å². The lowest BCUT2D eigenvalue weighted by molar-refractivity contribution is -0.137. The van der Waals surface area contributed by atoms with E-state index in [0.717, 1.165) is 6.07 Å². The number of rotatable bonds is 2. The van der Waals surface area contributed by atoms with Gasteiger partial charge in [0.05, 0.1) is 5.56 Å². The number of alkyl halides is 3. The summed E-state index contributed by atoms with van der Waals surface area (Å²) in [6.45, 7) is 0. The number of nitrogens with zero attached hydrogens (tertiary/aromatic N) is 2. The molecule has 2 heterocycles. The summed E-state index contributed by atoms with van der Waals surface area (Å²) < 4.78 is 40.7. The summed E-state index contributed by atoms with van der Waals surface area (Å²) >= 11 is 0. The van der Waals surface area contributed by atoms with Crippen molar-refractivity contribution in [2.24, 2.45) is 0 Å². The number of carbonyl (C=O) groups is 1. The van der Waals surface area contributed by atoms with E-state index in [-0.39, 0.29) is 17.1 Å². The van der Waals surface area contributed by atoms with E-state index in [4.69, 9.17) is 5.73 Å². The van der Waals surface area contributed by atoms with Crippen LogP contribution >= 0.6 is 0 Å². The molecular weight excluding hydrogens is 295 g/mol. The predicted molar refractivity (Wildman–Crippen MR) is 75.4 cm³/mol. The first-order valence-corrected chi connectivity index (χ1v) is 6.31. The largest absolute Gasteiger partial charge is 0.417 e. The first-order chi connectivity index (χ1) is 10.4.